The number of aryl methyl sites for hydroxylation is 1. The number of nitrogens with two attached hydrogens (primary N) is 1. The topological polar surface area (TPSA) is 124 Å². The first-order valence-corrected chi connectivity index (χ1v) is 13.0. The number of ether oxygens (including phenoxy) is 1. The molecule has 10 heteroatoms. The minimum atomic E-state index is -0.683. The van der Waals surface area contributed by atoms with E-state index in [1.165, 1.54) is 0 Å². The zero-order chi connectivity index (χ0) is 25.7. The van der Waals surface area contributed by atoms with Gasteiger partial charge in [-0.25, -0.2) is 9.78 Å². The van der Waals surface area contributed by atoms with E-state index in [0.29, 0.717) is 12.2 Å². The Morgan fingerprint density at radius 1 is 1.08 bits per heavy atom. The highest BCUT2D eigenvalue weighted by molar-refractivity contribution is 6.00. The molecule has 0 aliphatic carbocycles. The second-order valence-corrected chi connectivity index (χ2v) is 10.7. The molecule has 0 radical (unpaired) electrons. The van der Waals surface area contributed by atoms with E-state index in [0.717, 1.165) is 67.7 Å². The van der Waals surface area contributed by atoms with Gasteiger partial charge in [0.15, 0.2) is 0 Å². The predicted molar refractivity (Wildman–Crippen MR) is 139 cm³/mol. The second-order valence-electron chi connectivity index (χ2n) is 10.7. The van der Waals surface area contributed by atoms with E-state index < -0.39 is 11.9 Å². The van der Waals surface area contributed by atoms with E-state index in [4.69, 9.17) is 10.5 Å². The summed E-state index contributed by atoms with van der Waals surface area (Å²) in [5, 5.41) is 2.38. The summed E-state index contributed by atoms with van der Waals surface area (Å²) in [5.74, 6) is -0.189. The van der Waals surface area contributed by atoms with Crippen LogP contribution in [-0.2, 0) is 21.4 Å². The number of carbonyl (C=O) groups is 2. The number of nitrogens with zero attached hydrogens (tertiary/aromatic N) is 4. The molecule has 3 aliphatic rings. The molecule has 0 bridgehead atoms. The zero-order valence-electron chi connectivity index (χ0n) is 21.0. The smallest absolute Gasteiger partial charge is 0.329 e. The lowest BCUT2D eigenvalue weighted by Gasteiger charge is -2.46. The quantitative estimate of drug-likeness (QED) is 0.525. The molecule has 3 aliphatic heterocycles. The number of benzene rings is 1. The number of nitrogen functional groups attached to an aromatic ring is 1. The molecule has 0 saturated carbocycles. The van der Waals surface area contributed by atoms with Crippen LogP contribution in [0.15, 0.2) is 41.3 Å². The van der Waals surface area contributed by atoms with Crippen LogP contribution >= 0.6 is 0 Å². The number of carbonyl (C=O) groups excluding carboxylic acids is 2. The molecule has 3 fully saturated rings. The summed E-state index contributed by atoms with van der Waals surface area (Å²) in [4.78, 5) is 44.0. The van der Waals surface area contributed by atoms with E-state index in [1.54, 1.807) is 16.2 Å². The van der Waals surface area contributed by atoms with E-state index in [2.05, 4.69) is 21.3 Å². The Morgan fingerprint density at radius 3 is 2.57 bits per heavy atom. The number of hydrogen-bond acceptors (Lipinski definition) is 7. The summed E-state index contributed by atoms with van der Waals surface area (Å²) in [6, 6.07) is 9.02. The Bertz CT molecular complexity index is 1410. The average molecular weight is 505 g/mol. The minimum Gasteiger partial charge on any atom is -0.384 e. The highest BCUT2D eigenvalue weighted by Crippen LogP contribution is 2.45. The number of piperidine rings is 2. The molecule has 1 aromatic carbocycles. The first-order valence-electron chi connectivity index (χ1n) is 13.0. The maximum Gasteiger partial charge on any atom is 0.329 e. The Balaban J connectivity index is 1.20. The van der Waals surface area contributed by atoms with Crippen molar-refractivity contribution in [2.75, 3.05) is 30.3 Å². The third-order valence-electron chi connectivity index (χ3n) is 8.48. The number of fused-ring (bicyclic) bond motifs is 1. The third-order valence-corrected chi connectivity index (χ3v) is 8.48. The molecule has 3 N–H and O–H groups in total. The number of imidazole rings is 1. The number of imide groups is 1. The molecule has 2 aromatic heterocycles. The van der Waals surface area contributed by atoms with Crippen molar-refractivity contribution in [2.24, 2.45) is 12.5 Å². The van der Waals surface area contributed by atoms with Crippen LogP contribution in [0.2, 0.25) is 0 Å². The van der Waals surface area contributed by atoms with Gasteiger partial charge in [-0.1, -0.05) is 12.1 Å². The second kappa shape index (κ2) is 9.02. The van der Waals surface area contributed by atoms with Crippen molar-refractivity contribution in [3.8, 4) is 0 Å². The minimum absolute atomic E-state index is 0.0621. The molecule has 2 atom stereocenters. The zero-order valence-corrected chi connectivity index (χ0v) is 21.0. The maximum absolute atomic E-state index is 13.3. The highest BCUT2D eigenvalue weighted by atomic mass is 16.5. The molecule has 3 aromatic rings. The number of nitrogens with one attached hydrogen (secondary N) is 1. The van der Waals surface area contributed by atoms with Gasteiger partial charge in [0.2, 0.25) is 11.8 Å². The fourth-order valence-electron chi connectivity index (χ4n) is 6.26. The van der Waals surface area contributed by atoms with E-state index >= 15 is 0 Å². The lowest BCUT2D eigenvalue weighted by molar-refractivity contribution is -0.135. The van der Waals surface area contributed by atoms with Gasteiger partial charge in [-0.3, -0.25) is 24.0 Å². The summed E-state index contributed by atoms with van der Waals surface area (Å²) in [7, 11) is 1.75. The average Bonchev–Trinajstić information content (AvgIpc) is 3.16. The van der Waals surface area contributed by atoms with Gasteiger partial charge in [-0.15, -0.1) is 0 Å². The summed E-state index contributed by atoms with van der Waals surface area (Å²) in [5.41, 5.74) is 9.27. The summed E-state index contributed by atoms with van der Waals surface area (Å²) in [6.07, 6.45) is 6.52. The molecule has 37 heavy (non-hydrogen) atoms. The van der Waals surface area contributed by atoms with Crippen LogP contribution in [0.3, 0.4) is 0 Å². The van der Waals surface area contributed by atoms with Crippen molar-refractivity contribution < 1.29 is 14.3 Å². The fraction of sp³-hybridized carbons (Fsp3) is 0.481. The third kappa shape index (κ3) is 4.09. The van der Waals surface area contributed by atoms with Crippen LogP contribution in [-0.4, -0.2) is 45.6 Å². The van der Waals surface area contributed by atoms with E-state index in [9.17, 15) is 14.4 Å². The summed E-state index contributed by atoms with van der Waals surface area (Å²) in [6.45, 7) is 2.47. The van der Waals surface area contributed by atoms with Gasteiger partial charge in [-0.2, -0.15) is 0 Å². The number of aromatic nitrogens is 3. The van der Waals surface area contributed by atoms with Crippen molar-refractivity contribution in [2.45, 2.75) is 50.7 Å². The van der Waals surface area contributed by atoms with Crippen molar-refractivity contribution >= 4 is 34.4 Å². The van der Waals surface area contributed by atoms with Crippen molar-refractivity contribution in [1.29, 1.82) is 0 Å². The number of para-hydroxylation sites is 1. The van der Waals surface area contributed by atoms with E-state index in [-0.39, 0.29) is 29.5 Å². The Morgan fingerprint density at radius 2 is 1.89 bits per heavy atom. The van der Waals surface area contributed by atoms with Gasteiger partial charge in [0.25, 0.3) is 0 Å². The van der Waals surface area contributed by atoms with Gasteiger partial charge in [-0.05, 0) is 61.3 Å². The van der Waals surface area contributed by atoms with E-state index in [1.807, 2.05) is 30.5 Å². The van der Waals surface area contributed by atoms with Crippen molar-refractivity contribution in [3.05, 3.63) is 52.6 Å². The van der Waals surface area contributed by atoms with Crippen molar-refractivity contribution in [3.63, 3.8) is 0 Å². The van der Waals surface area contributed by atoms with Crippen LogP contribution in [0.4, 0.5) is 11.5 Å². The van der Waals surface area contributed by atoms with Crippen LogP contribution in [0.1, 0.15) is 56.2 Å². The molecule has 5 heterocycles. The molecule has 2 amide bonds. The first-order chi connectivity index (χ1) is 17.8. The summed E-state index contributed by atoms with van der Waals surface area (Å²) < 4.78 is 9.50. The molecular formula is C27H32N6O4. The van der Waals surface area contributed by atoms with Crippen LogP contribution in [0.25, 0.3) is 11.0 Å². The molecule has 194 valence electrons. The monoisotopic (exact) mass is 504 g/mol. The van der Waals surface area contributed by atoms with Crippen LogP contribution in [0, 0.1) is 5.41 Å². The number of amides is 2. The molecule has 3 saturated heterocycles. The maximum atomic E-state index is 13.3. The van der Waals surface area contributed by atoms with Gasteiger partial charge < -0.3 is 15.4 Å². The predicted octanol–water partition coefficient (Wildman–Crippen LogP) is 2.43. The van der Waals surface area contributed by atoms with Crippen molar-refractivity contribution in [1.82, 2.24) is 19.4 Å². The Hall–Kier alpha value is -3.66. The van der Waals surface area contributed by atoms with Crippen LogP contribution in [0.5, 0.6) is 0 Å². The SMILES string of the molecule is Cn1c(=O)n(C2CCC(=O)NC2=O)c2cccc(N3CCC4(CC[C@H](c5ccc(N)nc5)OC4)CC3)c21. The molecular weight excluding hydrogens is 472 g/mol. The largest absolute Gasteiger partial charge is 0.384 e. The number of rotatable bonds is 3. The number of pyridine rings is 1. The van der Waals surface area contributed by atoms with Gasteiger partial charge in [0.05, 0.1) is 29.4 Å². The normalized spacial score (nSPS) is 24.0. The van der Waals surface area contributed by atoms with Crippen LogP contribution < -0.4 is 21.6 Å². The first kappa shape index (κ1) is 23.7. The standard InChI is InChI=1S/C27H32N6O4/c1-31-24-18(3-2-4-19(24)33(26(31)36)20-6-8-23(34)30-25(20)35)32-13-11-27(12-14-32)10-9-21(37-16-27)17-5-7-22(28)29-15-17/h2-5,7,15,20-21H,6,8-14,16H2,1H3,(H2,28,29)(H,30,34,35)/t20?,21-/m1/s1. The Labute approximate surface area is 214 Å². The molecule has 10 nitrogen and oxygen atoms in total. The number of hydrogen-bond donors (Lipinski definition) is 2. The van der Waals surface area contributed by atoms with Gasteiger partial charge in [0.1, 0.15) is 11.9 Å². The van der Waals surface area contributed by atoms with Gasteiger partial charge in [0, 0.05) is 32.8 Å². The molecule has 1 spiro atoms. The lowest BCUT2D eigenvalue weighted by atomic mass is 9.73. The lowest BCUT2D eigenvalue weighted by Crippen LogP contribution is -2.44. The molecule has 1 unspecified atom stereocenters. The number of anilines is 2. The fourth-order valence-corrected chi connectivity index (χ4v) is 6.26. The van der Waals surface area contributed by atoms with Gasteiger partial charge >= 0.3 is 5.69 Å². The Kier molecular flexibility index (Phi) is 5.78. The highest BCUT2D eigenvalue weighted by Gasteiger charge is 2.40. The molecule has 6 rings (SSSR count). The summed E-state index contributed by atoms with van der Waals surface area (Å²) >= 11 is 0.